The van der Waals surface area contributed by atoms with Crippen molar-refractivity contribution in [2.24, 2.45) is 13.0 Å². The Labute approximate surface area is 211 Å². The fraction of sp³-hybridized carbons (Fsp3) is 0.429. The lowest BCUT2D eigenvalue weighted by molar-refractivity contribution is -0.108. The maximum absolute atomic E-state index is 9.75. The lowest BCUT2D eigenvalue weighted by Gasteiger charge is -2.01. The number of aromatic nitrogens is 3. The molecule has 0 aliphatic carbocycles. The molecule has 4 N–H and O–H groups in total. The predicted molar refractivity (Wildman–Crippen MR) is 148 cm³/mol. The Bertz CT molecular complexity index is 939. The molecule has 3 rings (SSSR count). The van der Waals surface area contributed by atoms with Gasteiger partial charge in [0.15, 0.2) is 0 Å². The Hall–Kier alpha value is -3.18. The molecule has 7 nitrogen and oxygen atoms in total. The summed E-state index contributed by atoms with van der Waals surface area (Å²) in [6, 6.07) is 6.41. The molecule has 3 aromatic rings. The van der Waals surface area contributed by atoms with Crippen LogP contribution in [-0.4, -0.2) is 57.3 Å². The number of hydrogen-bond donors (Lipinski definition) is 4. The highest BCUT2D eigenvalue weighted by Gasteiger charge is 2.07. The van der Waals surface area contributed by atoms with Crippen LogP contribution in [0.4, 0.5) is 0 Å². The minimum absolute atomic E-state index is 0.219. The highest BCUT2D eigenvalue weighted by molar-refractivity contribution is 5.83. The smallest absolute Gasteiger partial charge is 0.138 e. The third kappa shape index (κ3) is 14.0. The average Bonchev–Trinajstić information content (AvgIpc) is 3.48. The molecule has 2 atom stereocenters. The number of allylic oxidation sites excluding steroid dienone is 1. The zero-order chi connectivity index (χ0) is 27.2. The summed E-state index contributed by atoms with van der Waals surface area (Å²) >= 11 is 0. The first-order valence-corrected chi connectivity index (χ1v) is 11.8. The number of carbonyl (C=O) groups excluding carboxylic acids is 1. The molecule has 0 aliphatic heterocycles. The summed E-state index contributed by atoms with van der Waals surface area (Å²) in [5, 5.41) is 20.2. The molecule has 0 fully saturated rings. The molecule has 0 aliphatic rings. The molecule has 0 saturated carbocycles. The maximum atomic E-state index is 9.75. The number of aldehydes is 1. The molecule has 0 radical (unpaired) electrons. The summed E-state index contributed by atoms with van der Waals surface area (Å²) in [4.78, 5) is 17.4. The number of terminal acetylenes is 1. The van der Waals surface area contributed by atoms with Gasteiger partial charge in [-0.3, -0.25) is 0 Å². The first kappa shape index (κ1) is 34.0. The van der Waals surface area contributed by atoms with E-state index in [0.717, 1.165) is 23.1 Å². The van der Waals surface area contributed by atoms with Gasteiger partial charge in [-0.05, 0) is 51.1 Å². The van der Waals surface area contributed by atoms with Gasteiger partial charge in [0, 0.05) is 54.9 Å². The Balaban J connectivity index is 0. The molecule has 7 heteroatoms. The van der Waals surface area contributed by atoms with Gasteiger partial charge >= 0.3 is 0 Å². The Kier molecular flexibility index (Phi) is 20.7. The van der Waals surface area contributed by atoms with Gasteiger partial charge in [0.1, 0.15) is 11.9 Å². The van der Waals surface area contributed by atoms with E-state index in [1.54, 1.807) is 6.20 Å². The minimum atomic E-state index is -0.403. The molecule has 0 aromatic carbocycles. The van der Waals surface area contributed by atoms with Gasteiger partial charge in [-0.25, -0.2) is 4.98 Å². The van der Waals surface area contributed by atoms with Crippen molar-refractivity contribution in [2.75, 3.05) is 20.3 Å². The van der Waals surface area contributed by atoms with Crippen LogP contribution in [0.15, 0.2) is 49.4 Å². The van der Waals surface area contributed by atoms with Gasteiger partial charge < -0.3 is 29.9 Å². The van der Waals surface area contributed by atoms with Crippen molar-refractivity contribution >= 4 is 17.3 Å². The number of aromatic amines is 1. The number of rotatable bonds is 6. The fourth-order valence-corrected chi connectivity index (χ4v) is 2.36. The van der Waals surface area contributed by atoms with Crippen LogP contribution < -0.4 is 5.32 Å². The van der Waals surface area contributed by atoms with Gasteiger partial charge in [0.2, 0.25) is 0 Å². The van der Waals surface area contributed by atoms with E-state index < -0.39 is 5.92 Å². The van der Waals surface area contributed by atoms with E-state index in [9.17, 15) is 4.79 Å². The standard InChI is InChI=1S/C13H13N3.C6H6O.C4H11NO.C3H8O.C2H6/c1-9-7-16(2)8-11(9)12-6-10-4-3-5-14-13(10)15-12;1-3-6(4-2)5-7;1-4(3-6)5-2;1-2-3-4;1-2/h3-8H,1-2H3,(H,14,15);1,4-6H,2H2;4-6H,3H2,1-2H3;4H,2-3H2,1H3;1-2H3. The second-order valence-electron chi connectivity index (χ2n) is 7.30. The molecular weight excluding hydrogens is 440 g/mol. The lowest BCUT2D eigenvalue weighted by Crippen LogP contribution is -2.24. The number of H-pyrrole nitrogens is 1. The normalized spacial score (nSPS) is 10.9. The lowest BCUT2D eigenvalue weighted by atomic mass is 10.1. The zero-order valence-electron chi connectivity index (χ0n) is 22.4. The predicted octanol–water partition coefficient (Wildman–Crippen LogP) is 4.50. The summed E-state index contributed by atoms with van der Waals surface area (Å²) in [5.74, 6) is 1.81. The van der Waals surface area contributed by atoms with Crippen molar-refractivity contribution in [3.05, 3.63) is 55.0 Å². The summed E-state index contributed by atoms with van der Waals surface area (Å²) in [6.45, 7) is 13.8. The molecule has 2 unspecified atom stereocenters. The first-order valence-electron chi connectivity index (χ1n) is 11.8. The summed E-state index contributed by atoms with van der Waals surface area (Å²) in [5.41, 5.74) is 4.59. The van der Waals surface area contributed by atoms with E-state index in [1.807, 2.05) is 47.9 Å². The van der Waals surface area contributed by atoms with E-state index in [0.29, 0.717) is 12.9 Å². The number of likely N-dealkylation sites (N-methyl/N-ethyl adjacent to an activating group) is 1. The Morgan fingerprint density at radius 2 is 1.97 bits per heavy atom. The van der Waals surface area contributed by atoms with E-state index >= 15 is 0 Å². The number of hydrogen-bond acceptors (Lipinski definition) is 5. The van der Waals surface area contributed by atoms with Crippen LogP contribution in [-0.2, 0) is 11.8 Å². The second kappa shape index (κ2) is 21.4. The number of fused-ring (bicyclic) bond motifs is 1. The quantitative estimate of drug-likeness (QED) is 0.234. The second-order valence-corrected chi connectivity index (χ2v) is 7.30. The van der Waals surface area contributed by atoms with Crippen LogP contribution in [0.3, 0.4) is 0 Å². The number of carbonyl (C=O) groups is 1. The molecule has 0 spiro atoms. The van der Waals surface area contributed by atoms with E-state index in [1.165, 1.54) is 17.2 Å². The zero-order valence-corrected chi connectivity index (χ0v) is 22.4. The van der Waals surface area contributed by atoms with E-state index in [2.05, 4.69) is 63.8 Å². The third-order valence-corrected chi connectivity index (χ3v) is 4.42. The van der Waals surface area contributed by atoms with Crippen molar-refractivity contribution in [3.63, 3.8) is 0 Å². The number of aliphatic hydroxyl groups excluding tert-OH is 2. The van der Waals surface area contributed by atoms with Crippen molar-refractivity contribution < 1.29 is 15.0 Å². The van der Waals surface area contributed by atoms with Gasteiger partial charge in [0.25, 0.3) is 0 Å². The summed E-state index contributed by atoms with van der Waals surface area (Å²) < 4.78 is 2.07. The van der Waals surface area contributed by atoms with E-state index in [4.69, 9.17) is 16.6 Å². The average molecular weight is 485 g/mol. The number of nitrogens with zero attached hydrogens (tertiary/aromatic N) is 2. The number of aliphatic hydroxyl groups is 2. The van der Waals surface area contributed by atoms with Gasteiger partial charge in [0.05, 0.1) is 12.5 Å². The SMILES string of the molecule is C#CC(C=C)C=O.CC.CCCO.CNC(C)CO.Cc1cn(C)cc1-c1cc2cccnc2[nH]1. The van der Waals surface area contributed by atoms with Crippen LogP contribution in [0.2, 0.25) is 0 Å². The number of aryl methyl sites for hydroxylation is 2. The topological polar surface area (TPSA) is 103 Å². The van der Waals surface area contributed by atoms with E-state index in [-0.39, 0.29) is 12.6 Å². The molecule has 0 amide bonds. The van der Waals surface area contributed by atoms with Crippen LogP contribution in [0.25, 0.3) is 22.3 Å². The fourth-order valence-electron chi connectivity index (χ4n) is 2.36. The summed E-state index contributed by atoms with van der Waals surface area (Å²) in [6.07, 6.45) is 13.9. The van der Waals surface area contributed by atoms with Crippen molar-refractivity contribution in [3.8, 4) is 23.6 Å². The summed E-state index contributed by atoms with van der Waals surface area (Å²) in [7, 11) is 3.86. The van der Waals surface area contributed by atoms with Crippen LogP contribution in [0.1, 0.15) is 39.7 Å². The highest BCUT2D eigenvalue weighted by atomic mass is 16.3. The number of pyridine rings is 1. The number of nitrogens with one attached hydrogen (secondary N) is 2. The van der Waals surface area contributed by atoms with Crippen molar-refractivity contribution in [1.82, 2.24) is 19.9 Å². The van der Waals surface area contributed by atoms with Gasteiger partial charge in [-0.1, -0.05) is 32.8 Å². The molecular formula is C28H44N4O3. The Morgan fingerprint density at radius 3 is 2.29 bits per heavy atom. The highest BCUT2D eigenvalue weighted by Crippen LogP contribution is 2.26. The van der Waals surface area contributed by atoms with Gasteiger partial charge in [-0.2, -0.15) is 0 Å². The molecule has 0 saturated heterocycles. The van der Waals surface area contributed by atoms with Crippen LogP contribution in [0, 0.1) is 25.2 Å². The molecule has 3 aromatic heterocycles. The monoisotopic (exact) mass is 484 g/mol. The van der Waals surface area contributed by atoms with Crippen LogP contribution >= 0.6 is 0 Å². The maximum Gasteiger partial charge on any atom is 0.138 e. The van der Waals surface area contributed by atoms with Gasteiger partial charge in [-0.15, -0.1) is 13.0 Å². The molecule has 0 bridgehead atoms. The molecule has 35 heavy (non-hydrogen) atoms. The van der Waals surface area contributed by atoms with Crippen molar-refractivity contribution in [1.29, 1.82) is 0 Å². The Morgan fingerprint density at radius 1 is 1.34 bits per heavy atom. The molecule has 194 valence electrons. The minimum Gasteiger partial charge on any atom is -0.396 e. The first-order chi connectivity index (χ1) is 16.8. The van der Waals surface area contributed by atoms with Crippen molar-refractivity contribution in [2.45, 2.75) is 47.1 Å². The molecule has 3 heterocycles. The largest absolute Gasteiger partial charge is 0.396 e. The van der Waals surface area contributed by atoms with Crippen LogP contribution in [0.5, 0.6) is 0 Å². The third-order valence-electron chi connectivity index (χ3n) is 4.42.